The van der Waals surface area contributed by atoms with Crippen LogP contribution in [0.15, 0.2) is 24.7 Å². The van der Waals surface area contributed by atoms with E-state index in [0.29, 0.717) is 13.1 Å². The zero-order valence-electron chi connectivity index (χ0n) is 11.8. The molecule has 0 amide bonds. The molecule has 110 valence electrons. The van der Waals surface area contributed by atoms with Gasteiger partial charge in [0.05, 0.1) is 4.92 Å². The van der Waals surface area contributed by atoms with Crippen molar-refractivity contribution in [3.63, 3.8) is 0 Å². The Bertz CT molecular complexity index is 629. The second-order valence-corrected chi connectivity index (χ2v) is 4.37. The van der Waals surface area contributed by atoms with Crippen molar-refractivity contribution in [1.29, 1.82) is 0 Å². The molecule has 0 aliphatic heterocycles. The lowest BCUT2D eigenvalue weighted by Gasteiger charge is -2.09. The van der Waals surface area contributed by atoms with Gasteiger partial charge in [0.2, 0.25) is 11.6 Å². The van der Waals surface area contributed by atoms with Crippen LogP contribution in [0, 0.1) is 17.0 Å². The van der Waals surface area contributed by atoms with Gasteiger partial charge in [0.15, 0.2) is 0 Å². The van der Waals surface area contributed by atoms with Gasteiger partial charge in [0.25, 0.3) is 0 Å². The molecule has 21 heavy (non-hydrogen) atoms. The monoisotopic (exact) mass is 288 g/mol. The maximum absolute atomic E-state index is 11.2. The fourth-order valence-corrected chi connectivity index (χ4v) is 1.77. The molecule has 2 aromatic rings. The fraction of sp³-hybridized carbons (Fsp3) is 0.308. The summed E-state index contributed by atoms with van der Waals surface area (Å²) in [5.41, 5.74) is 1.68. The molecule has 2 N–H and O–H groups in total. The summed E-state index contributed by atoms with van der Waals surface area (Å²) in [5.74, 6) is 0.397. The van der Waals surface area contributed by atoms with Gasteiger partial charge in [-0.2, -0.15) is 0 Å². The second kappa shape index (κ2) is 6.60. The quantitative estimate of drug-likeness (QED) is 0.619. The Morgan fingerprint density at radius 3 is 2.48 bits per heavy atom. The largest absolute Gasteiger partial charge is 0.364 e. The number of hydrogen-bond acceptors (Lipinski definition) is 7. The van der Waals surface area contributed by atoms with Crippen LogP contribution in [0.4, 0.5) is 17.3 Å². The summed E-state index contributed by atoms with van der Waals surface area (Å²) in [6.07, 6.45) is 3.02. The minimum absolute atomic E-state index is 0.153. The molecule has 0 saturated heterocycles. The van der Waals surface area contributed by atoms with Gasteiger partial charge in [-0.25, -0.2) is 9.97 Å². The molecule has 0 bridgehead atoms. The van der Waals surface area contributed by atoms with Crippen LogP contribution in [-0.2, 0) is 6.54 Å². The van der Waals surface area contributed by atoms with Crippen molar-refractivity contribution in [3.05, 3.63) is 46.0 Å². The summed E-state index contributed by atoms with van der Waals surface area (Å²) in [7, 11) is 0. The van der Waals surface area contributed by atoms with Gasteiger partial charge >= 0.3 is 5.69 Å². The SMILES string of the molecule is CCNc1ncnc(NCc2ccc(C)nc2)c1[N+](=O)[O-]. The first-order valence-corrected chi connectivity index (χ1v) is 6.50. The summed E-state index contributed by atoms with van der Waals surface area (Å²) in [5, 5.41) is 17.0. The topological polar surface area (TPSA) is 106 Å². The smallest absolute Gasteiger partial charge is 0.353 e. The fourth-order valence-electron chi connectivity index (χ4n) is 1.77. The Balaban J connectivity index is 2.21. The van der Waals surface area contributed by atoms with Gasteiger partial charge in [-0.05, 0) is 25.5 Å². The van der Waals surface area contributed by atoms with Crippen molar-refractivity contribution >= 4 is 17.3 Å². The molecule has 0 unspecified atom stereocenters. The number of nitrogens with zero attached hydrogens (tertiary/aromatic N) is 4. The molecule has 0 fully saturated rings. The molecule has 0 saturated carbocycles. The molecular weight excluding hydrogens is 272 g/mol. The Hall–Kier alpha value is -2.77. The molecule has 2 rings (SSSR count). The molecular formula is C13H16N6O2. The van der Waals surface area contributed by atoms with E-state index in [1.807, 2.05) is 26.0 Å². The van der Waals surface area contributed by atoms with Gasteiger partial charge in [-0.15, -0.1) is 0 Å². The first kappa shape index (κ1) is 14.6. The lowest BCUT2D eigenvalue weighted by Crippen LogP contribution is -2.09. The third kappa shape index (κ3) is 3.62. The molecule has 0 aliphatic carbocycles. The summed E-state index contributed by atoms with van der Waals surface area (Å²) < 4.78 is 0. The van der Waals surface area contributed by atoms with E-state index in [2.05, 4.69) is 25.6 Å². The first-order chi connectivity index (χ1) is 10.1. The van der Waals surface area contributed by atoms with Crippen LogP contribution in [0.5, 0.6) is 0 Å². The number of anilines is 2. The average molecular weight is 288 g/mol. The van der Waals surface area contributed by atoms with Crippen molar-refractivity contribution in [2.75, 3.05) is 17.2 Å². The Kier molecular flexibility index (Phi) is 4.60. The third-order valence-corrected chi connectivity index (χ3v) is 2.78. The number of aryl methyl sites for hydroxylation is 1. The highest BCUT2D eigenvalue weighted by atomic mass is 16.6. The van der Waals surface area contributed by atoms with Crippen molar-refractivity contribution in [2.24, 2.45) is 0 Å². The molecule has 2 aromatic heterocycles. The third-order valence-electron chi connectivity index (χ3n) is 2.78. The number of nitro groups is 1. The van der Waals surface area contributed by atoms with Crippen LogP contribution in [-0.4, -0.2) is 26.4 Å². The molecule has 0 spiro atoms. The number of aromatic nitrogens is 3. The van der Waals surface area contributed by atoms with Crippen molar-refractivity contribution in [1.82, 2.24) is 15.0 Å². The van der Waals surface area contributed by atoms with Crippen LogP contribution in [0.1, 0.15) is 18.2 Å². The highest BCUT2D eigenvalue weighted by Gasteiger charge is 2.22. The van der Waals surface area contributed by atoms with Crippen LogP contribution in [0.2, 0.25) is 0 Å². The number of pyridine rings is 1. The maximum Gasteiger partial charge on any atom is 0.353 e. The Morgan fingerprint density at radius 1 is 1.19 bits per heavy atom. The number of nitrogens with one attached hydrogen (secondary N) is 2. The minimum Gasteiger partial charge on any atom is -0.364 e. The normalized spacial score (nSPS) is 10.2. The van der Waals surface area contributed by atoms with Gasteiger partial charge in [-0.1, -0.05) is 6.07 Å². The van der Waals surface area contributed by atoms with Crippen LogP contribution in [0.25, 0.3) is 0 Å². The van der Waals surface area contributed by atoms with Gasteiger partial charge in [0, 0.05) is 25.0 Å². The zero-order chi connectivity index (χ0) is 15.2. The van der Waals surface area contributed by atoms with Crippen molar-refractivity contribution in [3.8, 4) is 0 Å². The molecule has 0 aromatic carbocycles. The highest BCUT2D eigenvalue weighted by Crippen LogP contribution is 2.28. The van der Waals surface area contributed by atoms with Crippen LogP contribution >= 0.6 is 0 Å². The van der Waals surface area contributed by atoms with Gasteiger partial charge in [0.1, 0.15) is 6.33 Å². The lowest BCUT2D eigenvalue weighted by molar-refractivity contribution is -0.383. The first-order valence-electron chi connectivity index (χ1n) is 6.50. The molecule has 8 heteroatoms. The van der Waals surface area contributed by atoms with E-state index >= 15 is 0 Å². The van der Waals surface area contributed by atoms with E-state index < -0.39 is 4.92 Å². The number of rotatable bonds is 6. The maximum atomic E-state index is 11.2. The van der Waals surface area contributed by atoms with E-state index in [9.17, 15) is 10.1 Å². The van der Waals surface area contributed by atoms with E-state index in [1.165, 1.54) is 6.33 Å². The molecule has 0 aliphatic rings. The molecule has 2 heterocycles. The lowest BCUT2D eigenvalue weighted by atomic mass is 10.2. The molecule has 8 nitrogen and oxygen atoms in total. The summed E-state index contributed by atoms with van der Waals surface area (Å²) in [6.45, 7) is 4.68. The predicted molar refractivity (Wildman–Crippen MR) is 79.2 cm³/mol. The van der Waals surface area contributed by atoms with E-state index in [0.717, 1.165) is 11.3 Å². The molecule has 0 atom stereocenters. The minimum atomic E-state index is -0.492. The molecule has 0 radical (unpaired) electrons. The van der Waals surface area contributed by atoms with Crippen LogP contribution < -0.4 is 10.6 Å². The summed E-state index contributed by atoms with van der Waals surface area (Å²) in [4.78, 5) is 22.7. The zero-order valence-corrected chi connectivity index (χ0v) is 11.8. The van der Waals surface area contributed by atoms with Crippen LogP contribution in [0.3, 0.4) is 0 Å². The summed E-state index contributed by atoms with van der Waals surface area (Å²) in [6, 6.07) is 3.79. The van der Waals surface area contributed by atoms with Crippen molar-refractivity contribution in [2.45, 2.75) is 20.4 Å². The predicted octanol–water partition coefficient (Wildman–Crippen LogP) is 2.13. The van der Waals surface area contributed by atoms with Gasteiger partial charge in [-0.3, -0.25) is 15.1 Å². The van der Waals surface area contributed by atoms with E-state index in [-0.39, 0.29) is 17.3 Å². The number of hydrogen-bond donors (Lipinski definition) is 2. The van der Waals surface area contributed by atoms with E-state index in [1.54, 1.807) is 6.20 Å². The van der Waals surface area contributed by atoms with E-state index in [4.69, 9.17) is 0 Å². The van der Waals surface area contributed by atoms with Gasteiger partial charge < -0.3 is 10.6 Å². The second-order valence-electron chi connectivity index (χ2n) is 4.37. The standard InChI is InChI=1S/C13H16N6O2/c1-3-14-12-11(19(20)21)13(18-8-17-12)16-7-10-5-4-9(2)15-6-10/h4-6,8H,3,7H2,1-2H3,(H2,14,16,17,18). The Labute approximate surface area is 121 Å². The summed E-state index contributed by atoms with van der Waals surface area (Å²) >= 11 is 0. The highest BCUT2D eigenvalue weighted by molar-refractivity contribution is 5.69. The van der Waals surface area contributed by atoms with Crippen molar-refractivity contribution < 1.29 is 4.92 Å². The Morgan fingerprint density at radius 2 is 1.90 bits per heavy atom. The average Bonchev–Trinajstić information content (AvgIpc) is 2.47.